The van der Waals surface area contributed by atoms with Gasteiger partial charge in [0.05, 0.1) is 11.3 Å². The molecule has 2 N–H and O–H groups in total. The van der Waals surface area contributed by atoms with Crippen molar-refractivity contribution in [2.24, 2.45) is 12.5 Å². The number of rotatable bonds is 6. The van der Waals surface area contributed by atoms with Crippen molar-refractivity contribution in [3.63, 3.8) is 0 Å². The van der Waals surface area contributed by atoms with Crippen LogP contribution in [0.15, 0.2) is 0 Å². The zero-order valence-electron chi connectivity index (χ0n) is 12.8. The average Bonchev–Trinajstić information content (AvgIpc) is 2.63. The van der Waals surface area contributed by atoms with E-state index in [1.165, 1.54) is 4.68 Å². The van der Waals surface area contributed by atoms with Crippen molar-refractivity contribution in [2.45, 2.75) is 40.0 Å². The number of carbonyl (C=O) groups excluding carboxylic acids is 1. The Morgan fingerprint density at radius 2 is 2.10 bits per heavy atom. The molecule has 1 heterocycles. The minimum Gasteiger partial charge on any atom is -0.396 e. The molecule has 0 aliphatic rings. The van der Waals surface area contributed by atoms with Crippen molar-refractivity contribution in [1.82, 2.24) is 15.1 Å². The van der Waals surface area contributed by atoms with Gasteiger partial charge in [-0.15, -0.1) is 0 Å². The first-order chi connectivity index (χ1) is 9.19. The standard InChI is InChI=1S/C14H24ClN3O2/c1-9(2)11-10(12(15)18(5)17-11)13(20)16-8-14(3,4)6-7-19/h9,19H,6-8H2,1-5H3,(H,16,20). The fourth-order valence-corrected chi connectivity index (χ4v) is 2.16. The number of hydrogen-bond donors (Lipinski definition) is 2. The van der Waals surface area contributed by atoms with E-state index in [0.717, 1.165) is 0 Å². The molecule has 0 saturated heterocycles. The molecule has 0 bridgehead atoms. The maximum absolute atomic E-state index is 12.3. The maximum Gasteiger partial charge on any atom is 0.256 e. The number of aliphatic hydroxyl groups is 1. The van der Waals surface area contributed by atoms with E-state index in [9.17, 15) is 4.79 Å². The van der Waals surface area contributed by atoms with Crippen LogP contribution in [0.4, 0.5) is 0 Å². The Labute approximate surface area is 125 Å². The van der Waals surface area contributed by atoms with Crippen LogP contribution < -0.4 is 5.32 Å². The quantitative estimate of drug-likeness (QED) is 0.847. The van der Waals surface area contributed by atoms with E-state index < -0.39 is 0 Å². The Kier molecular flexibility index (Phi) is 5.59. The molecule has 1 rings (SSSR count). The largest absolute Gasteiger partial charge is 0.396 e. The third-order valence-electron chi connectivity index (χ3n) is 3.29. The summed E-state index contributed by atoms with van der Waals surface area (Å²) in [6, 6.07) is 0. The van der Waals surface area contributed by atoms with Crippen LogP contribution in [-0.4, -0.2) is 33.9 Å². The fraction of sp³-hybridized carbons (Fsp3) is 0.714. The van der Waals surface area contributed by atoms with Gasteiger partial charge in [0.1, 0.15) is 5.15 Å². The number of nitrogens with zero attached hydrogens (tertiary/aromatic N) is 2. The highest BCUT2D eigenvalue weighted by molar-refractivity contribution is 6.33. The van der Waals surface area contributed by atoms with E-state index in [0.29, 0.717) is 29.4 Å². The van der Waals surface area contributed by atoms with Gasteiger partial charge in [-0.2, -0.15) is 5.10 Å². The highest BCUT2D eigenvalue weighted by Crippen LogP contribution is 2.25. The van der Waals surface area contributed by atoms with Gasteiger partial charge in [-0.05, 0) is 17.8 Å². The lowest BCUT2D eigenvalue weighted by atomic mass is 9.89. The molecule has 0 unspecified atom stereocenters. The number of amides is 1. The highest BCUT2D eigenvalue weighted by Gasteiger charge is 2.25. The van der Waals surface area contributed by atoms with Gasteiger partial charge in [-0.1, -0.05) is 39.3 Å². The van der Waals surface area contributed by atoms with Crippen LogP contribution in [0.5, 0.6) is 0 Å². The van der Waals surface area contributed by atoms with Crippen LogP contribution in [0.3, 0.4) is 0 Å². The Balaban J connectivity index is 2.88. The first kappa shape index (κ1) is 17.0. The number of aromatic nitrogens is 2. The van der Waals surface area contributed by atoms with Crippen LogP contribution in [0.1, 0.15) is 56.1 Å². The van der Waals surface area contributed by atoms with Crippen LogP contribution >= 0.6 is 11.6 Å². The molecule has 0 fully saturated rings. The monoisotopic (exact) mass is 301 g/mol. The Morgan fingerprint density at radius 1 is 1.50 bits per heavy atom. The molecule has 1 aromatic heterocycles. The van der Waals surface area contributed by atoms with Gasteiger partial charge < -0.3 is 10.4 Å². The molecule has 0 aliphatic carbocycles. The van der Waals surface area contributed by atoms with Gasteiger partial charge in [0.2, 0.25) is 0 Å². The second-order valence-corrected chi connectivity index (χ2v) is 6.51. The maximum atomic E-state index is 12.3. The van der Waals surface area contributed by atoms with Gasteiger partial charge in [0.15, 0.2) is 0 Å². The van der Waals surface area contributed by atoms with Gasteiger partial charge >= 0.3 is 0 Å². The average molecular weight is 302 g/mol. The SMILES string of the molecule is CC(C)c1nn(C)c(Cl)c1C(=O)NCC(C)(C)CCO. The van der Waals surface area contributed by atoms with Gasteiger partial charge in [0, 0.05) is 20.2 Å². The summed E-state index contributed by atoms with van der Waals surface area (Å²) in [6.45, 7) is 8.54. The van der Waals surface area contributed by atoms with Crippen molar-refractivity contribution in [1.29, 1.82) is 0 Å². The molecule has 0 radical (unpaired) electrons. The molecule has 0 aromatic carbocycles. The van der Waals surface area contributed by atoms with E-state index in [2.05, 4.69) is 10.4 Å². The fourth-order valence-electron chi connectivity index (χ4n) is 1.94. The van der Waals surface area contributed by atoms with E-state index in [1.807, 2.05) is 27.7 Å². The lowest BCUT2D eigenvalue weighted by molar-refractivity contribution is 0.0927. The van der Waals surface area contributed by atoms with Crippen molar-refractivity contribution in [3.8, 4) is 0 Å². The predicted molar refractivity (Wildman–Crippen MR) is 80.1 cm³/mol. The van der Waals surface area contributed by atoms with Gasteiger partial charge in [0.25, 0.3) is 5.91 Å². The van der Waals surface area contributed by atoms with Crippen molar-refractivity contribution in [3.05, 3.63) is 16.4 Å². The molecule has 0 aliphatic heterocycles. The summed E-state index contributed by atoms with van der Waals surface area (Å²) in [4.78, 5) is 12.3. The number of halogens is 1. The molecular formula is C14H24ClN3O2. The summed E-state index contributed by atoms with van der Waals surface area (Å²) >= 11 is 6.16. The van der Waals surface area contributed by atoms with Crippen molar-refractivity contribution >= 4 is 17.5 Å². The zero-order valence-corrected chi connectivity index (χ0v) is 13.6. The number of carbonyl (C=O) groups is 1. The molecule has 5 nitrogen and oxygen atoms in total. The number of hydrogen-bond acceptors (Lipinski definition) is 3. The predicted octanol–water partition coefficient (Wildman–Crippen LogP) is 2.34. The molecule has 0 saturated carbocycles. The lowest BCUT2D eigenvalue weighted by Gasteiger charge is -2.23. The van der Waals surface area contributed by atoms with E-state index in [-0.39, 0.29) is 23.8 Å². The normalized spacial score (nSPS) is 12.0. The van der Waals surface area contributed by atoms with E-state index in [1.54, 1.807) is 7.05 Å². The van der Waals surface area contributed by atoms with Gasteiger partial charge in [-0.25, -0.2) is 0 Å². The lowest BCUT2D eigenvalue weighted by Crippen LogP contribution is -2.35. The van der Waals surface area contributed by atoms with Crippen LogP contribution in [0.2, 0.25) is 5.15 Å². The smallest absolute Gasteiger partial charge is 0.256 e. The van der Waals surface area contributed by atoms with Crippen molar-refractivity contribution < 1.29 is 9.90 Å². The minimum atomic E-state index is -0.210. The first-order valence-corrected chi connectivity index (χ1v) is 7.19. The third kappa shape index (κ3) is 3.96. The molecule has 1 aromatic rings. The first-order valence-electron chi connectivity index (χ1n) is 6.81. The summed E-state index contributed by atoms with van der Waals surface area (Å²) in [6.07, 6.45) is 0.630. The summed E-state index contributed by atoms with van der Waals surface area (Å²) in [5.41, 5.74) is 0.996. The Bertz CT molecular complexity index is 481. The molecule has 0 atom stereocenters. The molecule has 0 spiro atoms. The summed E-state index contributed by atoms with van der Waals surface area (Å²) in [5.74, 6) is -0.0854. The zero-order chi connectivity index (χ0) is 15.5. The molecule has 1 amide bonds. The summed E-state index contributed by atoms with van der Waals surface area (Å²) in [7, 11) is 1.72. The number of aliphatic hydroxyl groups excluding tert-OH is 1. The molecule has 20 heavy (non-hydrogen) atoms. The summed E-state index contributed by atoms with van der Waals surface area (Å²) < 4.78 is 1.52. The molecular weight excluding hydrogens is 278 g/mol. The summed E-state index contributed by atoms with van der Waals surface area (Å²) in [5, 5.41) is 16.5. The number of aryl methyl sites for hydroxylation is 1. The van der Waals surface area contributed by atoms with Crippen LogP contribution in [0.25, 0.3) is 0 Å². The Hall–Kier alpha value is -1.07. The van der Waals surface area contributed by atoms with Crippen molar-refractivity contribution in [2.75, 3.05) is 13.2 Å². The Morgan fingerprint density at radius 3 is 2.60 bits per heavy atom. The van der Waals surface area contributed by atoms with E-state index in [4.69, 9.17) is 16.7 Å². The van der Waals surface area contributed by atoms with Gasteiger partial charge in [-0.3, -0.25) is 9.48 Å². The second-order valence-electron chi connectivity index (χ2n) is 6.15. The number of nitrogens with one attached hydrogen (secondary N) is 1. The van der Waals surface area contributed by atoms with Crippen LogP contribution in [0, 0.1) is 5.41 Å². The third-order valence-corrected chi connectivity index (χ3v) is 3.73. The minimum absolute atomic E-state index is 0.105. The van der Waals surface area contributed by atoms with E-state index >= 15 is 0 Å². The van der Waals surface area contributed by atoms with Crippen LogP contribution in [-0.2, 0) is 7.05 Å². The molecule has 6 heteroatoms. The molecule has 114 valence electrons. The topological polar surface area (TPSA) is 67.2 Å². The second kappa shape index (κ2) is 6.59. The highest BCUT2D eigenvalue weighted by atomic mass is 35.5.